The van der Waals surface area contributed by atoms with Crippen LogP contribution in [0.5, 0.6) is 11.5 Å². The van der Waals surface area contributed by atoms with E-state index in [1.807, 2.05) is 0 Å². The quantitative estimate of drug-likeness (QED) is 0.595. The van der Waals surface area contributed by atoms with Crippen molar-refractivity contribution in [2.45, 2.75) is 19.0 Å². The summed E-state index contributed by atoms with van der Waals surface area (Å²) in [5, 5.41) is 9.24. The van der Waals surface area contributed by atoms with Crippen LogP contribution in [0.4, 0.5) is 26.3 Å². The number of para-hydroxylation sites is 1. The van der Waals surface area contributed by atoms with Gasteiger partial charge in [0.15, 0.2) is 0 Å². The fourth-order valence-electron chi connectivity index (χ4n) is 2.72. The molecule has 3 rings (SSSR count). The van der Waals surface area contributed by atoms with E-state index in [-0.39, 0.29) is 27.7 Å². The van der Waals surface area contributed by atoms with E-state index in [1.54, 1.807) is 31.2 Å². The molecule has 0 aliphatic heterocycles. The second-order valence-electron chi connectivity index (χ2n) is 6.51. The van der Waals surface area contributed by atoms with Gasteiger partial charge in [0.1, 0.15) is 29.1 Å². The molecule has 0 unspecified atom stereocenters. The SMILES string of the molecule is Cc1ccccc1Oc1cc(-n2c(=O)cc(C(F)(F)C(F)(F)F)[nH]c2=O)c(F)cc1C#N. The van der Waals surface area contributed by atoms with Gasteiger partial charge in [0, 0.05) is 12.1 Å². The lowest BCUT2D eigenvalue weighted by atomic mass is 10.1. The van der Waals surface area contributed by atoms with E-state index in [9.17, 15) is 41.2 Å². The molecule has 0 radical (unpaired) electrons. The Bertz CT molecular complexity index is 1320. The molecule has 0 spiro atoms. The van der Waals surface area contributed by atoms with Gasteiger partial charge in [-0.25, -0.2) is 13.8 Å². The van der Waals surface area contributed by atoms with Crippen LogP contribution >= 0.6 is 0 Å². The molecule has 3 aromatic rings. The monoisotopic (exact) mass is 455 g/mol. The largest absolute Gasteiger partial charge is 0.459 e. The minimum atomic E-state index is -6.08. The summed E-state index contributed by atoms with van der Waals surface area (Å²) in [6, 6.07) is 9.42. The number of alkyl halides is 5. The minimum absolute atomic E-state index is 0.0111. The molecule has 32 heavy (non-hydrogen) atoms. The average molecular weight is 455 g/mol. The molecule has 2 aromatic carbocycles. The molecule has 166 valence electrons. The van der Waals surface area contributed by atoms with Crippen molar-refractivity contribution in [2.24, 2.45) is 0 Å². The lowest BCUT2D eigenvalue weighted by Gasteiger charge is -2.19. The number of aryl methyl sites for hydroxylation is 1. The van der Waals surface area contributed by atoms with Crippen molar-refractivity contribution >= 4 is 0 Å². The van der Waals surface area contributed by atoms with E-state index in [1.165, 1.54) is 11.1 Å². The minimum Gasteiger partial charge on any atom is -0.456 e. The highest BCUT2D eigenvalue weighted by molar-refractivity contribution is 5.53. The third-order valence-corrected chi connectivity index (χ3v) is 4.35. The van der Waals surface area contributed by atoms with Gasteiger partial charge in [-0.15, -0.1) is 0 Å². The molecule has 1 N–H and O–H groups in total. The summed E-state index contributed by atoms with van der Waals surface area (Å²) in [5.41, 5.74) is -5.92. The van der Waals surface area contributed by atoms with Crippen LogP contribution in [0.15, 0.2) is 52.1 Å². The highest BCUT2D eigenvalue weighted by Crippen LogP contribution is 2.42. The standard InChI is InChI=1S/C20H11F6N3O3/c1-10-4-2-3-5-14(10)32-15-7-13(12(21)6-11(15)9-27)29-17(30)8-16(28-18(29)31)19(22,23)20(24,25)26/h2-8H,1H3,(H,28,31). The van der Waals surface area contributed by atoms with Gasteiger partial charge in [0.2, 0.25) is 0 Å². The van der Waals surface area contributed by atoms with Crippen molar-refractivity contribution in [2.75, 3.05) is 0 Å². The second-order valence-corrected chi connectivity index (χ2v) is 6.51. The molecule has 0 bridgehead atoms. The number of nitrogens with zero attached hydrogens (tertiary/aromatic N) is 2. The Balaban J connectivity index is 2.19. The summed E-state index contributed by atoms with van der Waals surface area (Å²) < 4.78 is 84.8. The number of benzene rings is 2. The van der Waals surface area contributed by atoms with E-state index in [4.69, 9.17) is 4.74 Å². The summed E-state index contributed by atoms with van der Waals surface area (Å²) in [6.45, 7) is 1.67. The van der Waals surface area contributed by atoms with Gasteiger partial charge in [0.25, 0.3) is 5.56 Å². The van der Waals surface area contributed by atoms with E-state index in [0.29, 0.717) is 11.6 Å². The highest BCUT2D eigenvalue weighted by atomic mass is 19.4. The molecule has 6 nitrogen and oxygen atoms in total. The van der Waals surface area contributed by atoms with Gasteiger partial charge in [-0.1, -0.05) is 18.2 Å². The summed E-state index contributed by atoms with van der Waals surface area (Å²) in [6.07, 6.45) is -6.08. The topological polar surface area (TPSA) is 87.9 Å². The van der Waals surface area contributed by atoms with E-state index in [2.05, 4.69) is 0 Å². The normalized spacial score (nSPS) is 11.8. The third-order valence-electron chi connectivity index (χ3n) is 4.35. The zero-order valence-corrected chi connectivity index (χ0v) is 15.9. The zero-order valence-electron chi connectivity index (χ0n) is 15.9. The van der Waals surface area contributed by atoms with E-state index in [0.717, 1.165) is 6.07 Å². The van der Waals surface area contributed by atoms with Crippen LogP contribution in [-0.4, -0.2) is 15.7 Å². The number of nitriles is 1. The van der Waals surface area contributed by atoms with Crippen molar-refractivity contribution in [3.63, 3.8) is 0 Å². The van der Waals surface area contributed by atoms with Crippen LogP contribution in [0.1, 0.15) is 16.8 Å². The predicted molar refractivity (Wildman–Crippen MR) is 98.5 cm³/mol. The number of hydrogen-bond donors (Lipinski definition) is 1. The number of halogens is 6. The van der Waals surface area contributed by atoms with Crippen LogP contribution in [0, 0.1) is 24.1 Å². The Kier molecular flexibility index (Phi) is 5.61. The van der Waals surface area contributed by atoms with Crippen molar-refractivity contribution in [3.05, 3.63) is 85.9 Å². The predicted octanol–water partition coefficient (Wildman–Crippen LogP) is 4.29. The van der Waals surface area contributed by atoms with Gasteiger partial charge in [0.05, 0.1) is 11.3 Å². The first kappa shape index (κ1) is 22.7. The second kappa shape index (κ2) is 7.92. The first-order valence-electron chi connectivity index (χ1n) is 8.65. The maximum absolute atomic E-state index is 14.6. The summed E-state index contributed by atoms with van der Waals surface area (Å²) in [7, 11) is 0. The van der Waals surface area contributed by atoms with Crippen molar-refractivity contribution in [3.8, 4) is 23.3 Å². The molecule has 12 heteroatoms. The number of rotatable bonds is 4. The Morgan fingerprint density at radius 2 is 1.69 bits per heavy atom. The summed E-state index contributed by atoms with van der Waals surface area (Å²) >= 11 is 0. The number of aromatic nitrogens is 2. The third kappa shape index (κ3) is 3.96. The number of hydrogen-bond acceptors (Lipinski definition) is 4. The molecule has 0 aliphatic rings. The summed E-state index contributed by atoms with van der Waals surface area (Å²) in [5.74, 6) is -6.84. The molecule has 1 heterocycles. The molecular weight excluding hydrogens is 444 g/mol. The first-order valence-corrected chi connectivity index (χ1v) is 8.65. The maximum atomic E-state index is 14.6. The van der Waals surface area contributed by atoms with E-state index < -0.39 is 40.5 Å². The Morgan fingerprint density at radius 1 is 1.03 bits per heavy atom. The number of H-pyrrole nitrogens is 1. The van der Waals surface area contributed by atoms with Gasteiger partial charge >= 0.3 is 17.8 Å². The number of nitrogens with one attached hydrogen (secondary N) is 1. The van der Waals surface area contributed by atoms with Crippen LogP contribution in [0.25, 0.3) is 5.69 Å². The van der Waals surface area contributed by atoms with Crippen molar-refractivity contribution in [1.29, 1.82) is 5.26 Å². The Morgan fingerprint density at radius 3 is 2.25 bits per heavy atom. The number of aromatic amines is 1. The van der Waals surface area contributed by atoms with Crippen LogP contribution in [0.2, 0.25) is 0 Å². The van der Waals surface area contributed by atoms with Crippen LogP contribution in [-0.2, 0) is 5.92 Å². The smallest absolute Gasteiger partial charge is 0.456 e. The number of ether oxygens (including phenoxy) is 1. The lowest BCUT2D eigenvalue weighted by Crippen LogP contribution is -2.41. The molecule has 0 amide bonds. The molecule has 0 atom stereocenters. The van der Waals surface area contributed by atoms with Gasteiger partial charge in [-0.2, -0.15) is 27.2 Å². The molecule has 0 saturated carbocycles. The van der Waals surface area contributed by atoms with Crippen LogP contribution in [0.3, 0.4) is 0 Å². The highest BCUT2D eigenvalue weighted by Gasteiger charge is 2.59. The van der Waals surface area contributed by atoms with Gasteiger partial charge < -0.3 is 9.72 Å². The van der Waals surface area contributed by atoms with E-state index >= 15 is 0 Å². The first-order chi connectivity index (χ1) is 14.9. The fraction of sp³-hybridized carbons (Fsp3) is 0.150. The fourth-order valence-corrected chi connectivity index (χ4v) is 2.72. The van der Waals surface area contributed by atoms with Gasteiger partial charge in [-0.05, 0) is 24.6 Å². The average Bonchev–Trinajstić information content (AvgIpc) is 2.70. The van der Waals surface area contributed by atoms with Gasteiger partial charge in [-0.3, -0.25) is 4.79 Å². The van der Waals surface area contributed by atoms with Crippen molar-refractivity contribution < 1.29 is 31.1 Å². The summed E-state index contributed by atoms with van der Waals surface area (Å²) in [4.78, 5) is 25.7. The molecule has 0 fully saturated rings. The van der Waals surface area contributed by atoms with Crippen molar-refractivity contribution in [1.82, 2.24) is 9.55 Å². The maximum Gasteiger partial charge on any atom is 0.459 e. The van der Waals surface area contributed by atoms with Crippen LogP contribution < -0.4 is 16.0 Å². The molecular formula is C20H11F6N3O3. The Hall–Kier alpha value is -4.01. The zero-order chi connectivity index (χ0) is 23.8. The lowest BCUT2D eigenvalue weighted by molar-refractivity contribution is -0.291. The molecule has 0 saturated heterocycles. The molecule has 0 aliphatic carbocycles. The Labute approximate surface area is 174 Å². The molecule has 1 aromatic heterocycles.